The highest BCUT2D eigenvalue weighted by molar-refractivity contribution is 5.89. The molecule has 0 aliphatic heterocycles. The molecule has 0 unspecified atom stereocenters. The van der Waals surface area contributed by atoms with Crippen LogP contribution in [-0.2, 0) is 11.2 Å². The average Bonchev–Trinajstić information content (AvgIpc) is 2.69. The van der Waals surface area contributed by atoms with Gasteiger partial charge in [-0.25, -0.2) is 4.79 Å². The Morgan fingerprint density at radius 3 is 2.23 bits per heavy atom. The Balaban J connectivity index is 1.83. The first-order valence-corrected chi connectivity index (χ1v) is 8.69. The Morgan fingerprint density at radius 1 is 0.885 bits per heavy atom. The predicted octanol–water partition coefficient (Wildman–Crippen LogP) is 5.13. The van der Waals surface area contributed by atoms with E-state index in [1.807, 2.05) is 49.4 Å². The Bertz CT molecular complexity index is 865. The average molecular weight is 346 g/mol. The van der Waals surface area contributed by atoms with Crippen LogP contribution in [0.2, 0.25) is 0 Å². The molecule has 0 aliphatic rings. The van der Waals surface area contributed by atoms with Crippen molar-refractivity contribution in [3.8, 4) is 16.9 Å². The largest absolute Gasteiger partial charge is 0.497 e. The van der Waals surface area contributed by atoms with Gasteiger partial charge in [-0.3, -0.25) is 0 Å². The Labute approximate surface area is 154 Å². The summed E-state index contributed by atoms with van der Waals surface area (Å²) in [5.74, 6) is 0.568. The van der Waals surface area contributed by atoms with Gasteiger partial charge in [-0.05, 0) is 59.9 Å². The third-order valence-corrected chi connectivity index (χ3v) is 4.28. The van der Waals surface area contributed by atoms with Gasteiger partial charge in [-0.2, -0.15) is 0 Å². The molecule has 132 valence electrons. The first-order valence-electron chi connectivity index (χ1n) is 8.69. The van der Waals surface area contributed by atoms with Crippen molar-refractivity contribution in [3.63, 3.8) is 0 Å². The summed E-state index contributed by atoms with van der Waals surface area (Å²) in [6.45, 7) is 2.19. The normalized spacial score (nSPS) is 10.4. The highest BCUT2D eigenvalue weighted by Crippen LogP contribution is 2.27. The third kappa shape index (κ3) is 4.12. The number of methoxy groups -OCH3 is 1. The SMILES string of the molecule is CCOC(=O)c1ccc(Cc2ccccc2-c2ccc(OC)cc2)cc1. The molecule has 26 heavy (non-hydrogen) atoms. The maximum absolute atomic E-state index is 11.8. The molecule has 0 fully saturated rings. The number of hydrogen-bond acceptors (Lipinski definition) is 3. The molecule has 3 heteroatoms. The van der Waals surface area contributed by atoms with Crippen LogP contribution in [-0.4, -0.2) is 19.7 Å². The maximum atomic E-state index is 11.8. The summed E-state index contributed by atoms with van der Waals surface area (Å²) in [6, 6.07) is 24.1. The Hall–Kier alpha value is -3.07. The van der Waals surface area contributed by atoms with Gasteiger partial charge in [0.15, 0.2) is 0 Å². The van der Waals surface area contributed by atoms with E-state index in [1.165, 1.54) is 11.1 Å². The standard InChI is InChI=1S/C23H22O3/c1-3-26-23(24)19-10-8-17(9-11-19)16-20-6-4-5-7-22(20)18-12-14-21(25-2)15-13-18/h4-15H,3,16H2,1-2H3. The van der Waals surface area contributed by atoms with Crippen LogP contribution in [0, 0.1) is 0 Å². The topological polar surface area (TPSA) is 35.5 Å². The van der Waals surface area contributed by atoms with Crippen LogP contribution in [0.1, 0.15) is 28.4 Å². The smallest absolute Gasteiger partial charge is 0.338 e. The first-order chi connectivity index (χ1) is 12.7. The summed E-state index contributed by atoms with van der Waals surface area (Å²) < 4.78 is 10.3. The van der Waals surface area contributed by atoms with E-state index in [9.17, 15) is 4.79 Å². The van der Waals surface area contributed by atoms with Gasteiger partial charge in [0.05, 0.1) is 19.3 Å². The van der Waals surface area contributed by atoms with Gasteiger partial charge in [0.1, 0.15) is 5.75 Å². The van der Waals surface area contributed by atoms with E-state index in [1.54, 1.807) is 7.11 Å². The molecule has 0 N–H and O–H groups in total. The molecular weight excluding hydrogens is 324 g/mol. The van der Waals surface area contributed by atoms with Crippen molar-refractivity contribution >= 4 is 5.97 Å². The molecule has 0 radical (unpaired) electrons. The molecule has 0 saturated carbocycles. The van der Waals surface area contributed by atoms with Crippen molar-refractivity contribution in [1.82, 2.24) is 0 Å². The second-order valence-corrected chi connectivity index (χ2v) is 5.98. The zero-order valence-corrected chi connectivity index (χ0v) is 15.1. The number of esters is 1. The summed E-state index contributed by atoms with van der Waals surface area (Å²) in [6.07, 6.45) is 0.797. The van der Waals surface area contributed by atoms with Crippen molar-refractivity contribution < 1.29 is 14.3 Å². The van der Waals surface area contributed by atoms with Gasteiger partial charge in [0.25, 0.3) is 0 Å². The van der Waals surface area contributed by atoms with E-state index in [-0.39, 0.29) is 5.97 Å². The lowest BCUT2D eigenvalue weighted by atomic mass is 9.94. The highest BCUT2D eigenvalue weighted by atomic mass is 16.5. The molecule has 0 amide bonds. The summed E-state index contributed by atoms with van der Waals surface area (Å²) in [5, 5.41) is 0. The summed E-state index contributed by atoms with van der Waals surface area (Å²) in [5.41, 5.74) is 5.33. The number of ether oxygens (including phenoxy) is 2. The van der Waals surface area contributed by atoms with Crippen molar-refractivity contribution in [3.05, 3.63) is 89.5 Å². The Morgan fingerprint density at radius 2 is 1.58 bits per heavy atom. The number of hydrogen-bond donors (Lipinski definition) is 0. The van der Waals surface area contributed by atoms with Crippen molar-refractivity contribution in [2.45, 2.75) is 13.3 Å². The van der Waals surface area contributed by atoms with E-state index < -0.39 is 0 Å². The van der Waals surface area contributed by atoms with Crippen LogP contribution >= 0.6 is 0 Å². The molecule has 3 nitrogen and oxygen atoms in total. The van der Waals surface area contributed by atoms with Gasteiger partial charge in [0.2, 0.25) is 0 Å². The molecule has 0 bridgehead atoms. The second kappa shape index (κ2) is 8.34. The molecular formula is C23H22O3. The van der Waals surface area contributed by atoms with Crippen LogP contribution in [0.5, 0.6) is 5.75 Å². The Kier molecular flexibility index (Phi) is 5.69. The lowest BCUT2D eigenvalue weighted by Gasteiger charge is -2.11. The first kappa shape index (κ1) is 17.7. The summed E-state index contributed by atoms with van der Waals surface area (Å²) in [4.78, 5) is 11.8. The molecule has 3 aromatic carbocycles. The van der Waals surface area contributed by atoms with Gasteiger partial charge < -0.3 is 9.47 Å². The van der Waals surface area contributed by atoms with Gasteiger partial charge in [0, 0.05) is 0 Å². The minimum atomic E-state index is -0.280. The second-order valence-electron chi connectivity index (χ2n) is 5.98. The zero-order chi connectivity index (χ0) is 18.4. The van der Waals surface area contributed by atoms with Crippen LogP contribution in [0.15, 0.2) is 72.8 Å². The monoisotopic (exact) mass is 346 g/mol. The molecule has 0 spiro atoms. The fraction of sp³-hybridized carbons (Fsp3) is 0.174. The molecule has 0 aliphatic carbocycles. The number of carbonyl (C=O) groups excluding carboxylic acids is 1. The fourth-order valence-corrected chi connectivity index (χ4v) is 2.92. The van der Waals surface area contributed by atoms with E-state index >= 15 is 0 Å². The number of carbonyl (C=O) groups is 1. The van der Waals surface area contributed by atoms with Crippen LogP contribution in [0.3, 0.4) is 0 Å². The van der Waals surface area contributed by atoms with E-state index in [0.29, 0.717) is 12.2 Å². The lowest BCUT2D eigenvalue weighted by molar-refractivity contribution is 0.0526. The zero-order valence-electron chi connectivity index (χ0n) is 15.1. The summed E-state index contributed by atoms with van der Waals surface area (Å²) >= 11 is 0. The van der Waals surface area contributed by atoms with Crippen LogP contribution < -0.4 is 4.74 Å². The predicted molar refractivity (Wildman–Crippen MR) is 104 cm³/mol. The van der Waals surface area contributed by atoms with Crippen molar-refractivity contribution in [1.29, 1.82) is 0 Å². The molecule has 0 heterocycles. The van der Waals surface area contributed by atoms with E-state index in [4.69, 9.17) is 9.47 Å². The summed E-state index contributed by atoms with van der Waals surface area (Å²) in [7, 11) is 1.67. The van der Waals surface area contributed by atoms with Gasteiger partial charge in [-0.1, -0.05) is 48.5 Å². The third-order valence-electron chi connectivity index (χ3n) is 4.28. The molecule has 3 aromatic rings. The minimum absolute atomic E-state index is 0.280. The van der Waals surface area contributed by atoms with Crippen LogP contribution in [0.25, 0.3) is 11.1 Å². The van der Waals surface area contributed by atoms with Crippen molar-refractivity contribution in [2.24, 2.45) is 0 Å². The molecule has 0 saturated heterocycles. The van der Waals surface area contributed by atoms with E-state index in [0.717, 1.165) is 23.3 Å². The van der Waals surface area contributed by atoms with Crippen LogP contribution in [0.4, 0.5) is 0 Å². The maximum Gasteiger partial charge on any atom is 0.338 e. The van der Waals surface area contributed by atoms with Gasteiger partial charge >= 0.3 is 5.97 Å². The molecule has 0 atom stereocenters. The van der Waals surface area contributed by atoms with Crippen molar-refractivity contribution in [2.75, 3.05) is 13.7 Å². The minimum Gasteiger partial charge on any atom is -0.497 e. The number of rotatable bonds is 6. The van der Waals surface area contributed by atoms with Gasteiger partial charge in [-0.15, -0.1) is 0 Å². The van der Waals surface area contributed by atoms with E-state index in [2.05, 4.69) is 30.3 Å². The quantitative estimate of drug-likeness (QED) is 0.581. The molecule has 3 rings (SSSR count). The number of benzene rings is 3. The highest BCUT2D eigenvalue weighted by Gasteiger charge is 2.08. The fourth-order valence-electron chi connectivity index (χ4n) is 2.92. The molecule has 0 aromatic heterocycles. The lowest BCUT2D eigenvalue weighted by Crippen LogP contribution is -2.04.